The molecule has 4 unspecified atom stereocenters. The molecule has 0 radical (unpaired) electrons. The lowest BCUT2D eigenvalue weighted by Gasteiger charge is -2.23. The van der Waals surface area contributed by atoms with Crippen molar-refractivity contribution >= 4 is 29.7 Å². The van der Waals surface area contributed by atoms with E-state index in [1.54, 1.807) is 30.3 Å². The molecule has 0 fully saturated rings. The standard InChI is InChI=1S/C21H33N7O5/c1-12(22)17(29)26-13(2)18(30)28-16(11-14-7-4-3-5-8-14)19(31)27-15(20(32)33)9-6-10-25-21(23)24/h3-5,7-8,12-13,15-16H,6,9-11,22H2,1-2H3,(H,26,29)(H,27,31)(H,28,30)(H,32,33)(H4,23,24,25). The molecule has 0 aliphatic carbocycles. The molecule has 4 atom stereocenters. The molecule has 3 amide bonds. The summed E-state index contributed by atoms with van der Waals surface area (Å²) in [5.74, 6) is -3.14. The van der Waals surface area contributed by atoms with E-state index in [9.17, 15) is 24.3 Å². The summed E-state index contributed by atoms with van der Waals surface area (Å²) in [6.45, 7) is 3.14. The van der Waals surface area contributed by atoms with Gasteiger partial charge in [-0.2, -0.15) is 0 Å². The number of hydrogen-bond acceptors (Lipinski definition) is 6. The maximum absolute atomic E-state index is 12.9. The fourth-order valence-electron chi connectivity index (χ4n) is 2.80. The Morgan fingerprint density at radius 2 is 1.55 bits per heavy atom. The van der Waals surface area contributed by atoms with E-state index in [0.717, 1.165) is 5.56 Å². The average Bonchev–Trinajstić information content (AvgIpc) is 2.75. The molecule has 0 aromatic heterocycles. The van der Waals surface area contributed by atoms with Crippen LogP contribution in [0.15, 0.2) is 35.3 Å². The van der Waals surface area contributed by atoms with Crippen molar-refractivity contribution in [2.24, 2.45) is 22.2 Å². The van der Waals surface area contributed by atoms with E-state index in [0.29, 0.717) is 6.42 Å². The summed E-state index contributed by atoms with van der Waals surface area (Å²) >= 11 is 0. The Morgan fingerprint density at radius 1 is 0.939 bits per heavy atom. The maximum atomic E-state index is 12.9. The number of benzene rings is 1. The normalized spacial score (nSPS) is 14.2. The van der Waals surface area contributed by atoms with Crippen molar-refractivity contribution in [2.75, 3.05) is 6.54 Å². The van der Waals surface area contributed by atoms with Crippen molar-refractivity contribution in [1.82, 2.24) is 16.0 Å². The molecule has 10 N–H and O–H groups in total. The minimum atomic E-state index is -1.23. The number of aliphatic imine (C=N–C) groups is 1. The Bertz CT molecular complexity index is 841. The molecule has 1 aromatic carbocycles. The van der Waals surface area contributed by atoms with Gasteiger partial charge in [-0.25, -0.2) is 4.79 Å². The molecule has 33 heavy (non-hydrogen) atoms. The summed E-state index contributed by atoms with van der Waals surface area (Å²) in [5, 5.41) is 17.0. The largest absolute Gasteiger partial charge is 0.480 e. The first-order chi connectivity index (χ1) is 15.5. The first-order valence-electron chi connectivity index (χ1n) is 10.5. The highest BCUT2D eigenvalue weighted by atomic mass is 16.4. The molecule has 1 rings (SSSR count). The zero-order chi connectivity index (χ0) is 25.0. The Labute approximate surface area is 192 Å². The van der Waals surface area contributed by atoms with Gasteiger partial charge >= 0.3 is 5.97 Å². The third kappa shape index (κ3) is 10.5. The highest BCUT2D eigenvalue weighted by Gasteiger charge is 2.28. The first-order valence-corrected chi connectivity index (χ1v) is 10.5. The number of amides is 3. The second-order valence-corrected chi connectivity index (χ2v) is 7.62. The topological polar surface area (TPSA) is 215 Å². The lowest BCUT2D eigenvalue weighted by molar-refractivity contribution is -0.142. The Hall–Kier alpha value is -3.67. The van der Waals surface area contributed by atoms with Crippen molar-refractivity contribution in [1.29, 1.82) is 0 Å². The second kappa shape index (κ2) is 13.7. The van der Waals surface area contributed by atoms with Crippen molar-refractivity contribution in [3.63, 3.8) is 0 Å². The van der Waals surface area contributed by atoms with Crippen molar-refractivity contribution in [3.05, 3.63) is 35.9 Å². The van der Waals surface area contributed by atoms with Crippen LogP contribution in [0.3, 0.4) is 0 Å². The van der Waals surface area contributed by atoms with Crippen LogP contribution in [0.25, 0.3) is 0 Å². The summed E-state index contributed by atoms with van der Waals surface area (Å²) in [5.41, 5.74) is 16.8. The van der Waals surface area contributed by atoms with Crippen molar-refractivity contribution in [3.8, 4) is 0 Å². The van der Waals surface area contributed by atoms with Gasteiger partial charge in [-0.3, -0.25) is 19.4 Å². The van der Waals surface area contributed by atoms with Crippen LogP contribution in [0.2, 0.25) is 0 Å². The number of carboxylic acids is 1. The molecular weight excluding hydrogens is 430 g/mol. The monoisotopic (exact) mass is 463 g/mol. The van der Waals surface area contributed by atoms with E-state index in [1.807, 2.05) is 0 Å². The first kappa shape index (κ1) is 27.4. The maximum Gasteiger partial charge on any atom is 0.326 e. The third-order valence-electron chi connectivity index (χ3n) is 4.64. The van der Waals surface area contributed by atoms with Crippen molar-refractivity contribution < 1.29 is 24.3 Å². The van der Waals surface area contributed by atoms with E-state index < -0.39 is 47.9 Å². The molecule has 12 heteroatoms. The molecular formula is C21H33N7O5. The SMILES string of the molecule is CC(N)C(=O)NC(C)C(=O)NC(Cc1ccccc1)C(=O)NC(CCCN=C(N)N)C(=O)O. The van der Waals surface area contributed by atoms with Gasteiger partial charge in [-0.1, -0.05) is 30.3 Å². The fourth-order valence-corrected chi connectivity index (χ4v) is 2.80. The number of hydrogen-bond donors (Lipinski definition) is 7. The highest BCUT2D eigenvalue weighted by Crippen LogP contribution is 2.06. The Morgan fingerprint density at radius 3 is 2.09 bits per heavy atom. The van der Waals surface area contributed by atoms with Crippen LogP contribution >= 0.6 is 0 Å². The van der Waals surface area contributed by atoms with Crippen LogP contribution in [0, 0.1) is 0 Å². The minimum Gasteiger partial charge on any atom is -0.480 e. The molecule has 0 spiro atoms. The van der Waals surface area contributed by atoms with Crippen LogP contribution in [0.1, 0.15) is 32.3 Å². The van der Waals surface area contributed by atoms with Gasteiger partial charge in [0.05, 0.1) is 6.04 Å². The van der Waals surface area contributed by atoms with E-state index in [-0.39, 0.29) is 25.3 Å². The molecule has 0 bridgehead atoms. The van der Waals surface area contributed by atoms with Gasteiger partial charge < -0.3 is 38.3 Å². The Kier molecular flexibility index (Phi) is 11.3. The number of carboxylic acid groups (broad SMARTS) is 1. The fraction of sp³-hybridized carbons (Fsp3) is 0.476. The Balaban J connectivity index is 2.91. The van der Waals surface area contributed by atoms with Gasteiger partial charge in [0.1, 0.15) is 18.1 Å². The van der Waals surface area contributed by atoms with E-state index in [4.69, 9.17) is 17.2 Å². The lowest BCUT2D eigenvalue weighted by Crippen LogP contribution is -2.56. The van der Waals surface area contributed by atoms with Crippen LogP contribution in [0.5, 0.6) is 0 Å². The summed E-state index contributed by atoms with van der Waals surface area (Å²) in [7, 11) is 0. The minimum absolute atomic E-state index is 0.0880. The van der Waals surface area contributed by atoms with Crippen LogP contribution in [-0.4, -0.2) is 65.5 Å². The number of carbonyl (C=O) groups excluding carboxylic acids is 3. The summed E-state index contributed by atoms with van der Waals surface area (Å²) in [4.78, 5) is 52.7. The van der Waals surface area contributed by atoms with Crippen LogP contribution in [-0.2, 0) is 25.6 Å². The number of guanidine groups is 1. The third-order valence-corrected chi connectivity index (χ3v) is 4.64. The molecule has 12 nitrogen and oxygen atoms in total. The molecule has 0 aliphatic heterocycles. The number of carbonyl (C=O) groups is 4. The zero-order valence-electron chi connectivity index (χ0n) is 18.8. The van der Waals surface area contributed by atoms with Gasteiger partial charge in [-0.15, -0.1) is 0 Å². The highest BCUT2D eigenvalue weighted by molar-refractivity contribution is 5.94. The predicted octanol–water partition coefficient (Wildman–Crippen LogP) is -1.81. The van der Waals surface area contributed by atoms with Gasteiger partial charge in [0, 0.05) is 13.0 Å². The summed E-state index contributed by atoms with van der Waals surface area (Å²) in [6, 6.07) is 4.88. The second-order valence-electron chi connectivity index (χ2n) is 7.62. The number of nitrogens with zero attached hydrogens (tertiary/aromatic N) is 1. The molecule has 0 saturated heterocycles. The number of nitrogens with two attached hydrogens (primary N) is 3. The van der Waals surface area contributed by atoms with Gasteiger partial charge in [0.15, 0.2) is 5.96 Å². The molecule has 1 aromatic rings. The summed E-state index contributed by atoms with van der Waals surface area (Å²) in [6.07, 6.45) is 0.530. The quantitative estimate of drug-likeness (QED) is 0.100. The van der Waals surface area contributed by atoms with Crippen LogP contribution < -0.4 is 33.2 Å². The zero-order valence-corrected chi connectivity index (χ0v) is 18.8. The predicted molar refractivity (Wildman–Crippen MR) is 123 cm³/mol. The molecule has 0 heterocycles. The van der Waals surface area contributed by atoms with Gasteiger partial charge in [-0.05, 0) is 32.3 Å². The molecule has 182 valence electrons. The number of aliphatic carboxylic acids is 1. The van der Waals surface area contributed by atoms with E-state index in [1.165, 1.54) is 13.8 Å². The van der Waals surface area contributed by atoms with E-state index in [2.05, 4.69) is 20.9 Å². The molecule has 0 aliphatic rings. The van der Waals surface area contributed by atoms with Crippen LogP contribution in [0.4, 0.5) is 0 Å². The summed E-state index contributed by atoms with van der Waals surface area (Å²) < 4.78 is 0. The molecule has 0 saturated carbocycles. The van der Waals surface area contributed by atoms with Crippen molar-refractivity contribution in [2.45, 2.75) is 57.3 Å². The smallest absolute Gasteiger partial charge is 0.326 e. The van der Waals surface area contributed by atoms with E-state index >= 15 is 0 Å². The van der Waals surface area contributed by atoms with Gasteiger partial charge in [0.25, 0.3) is 0 Å². The average molecular weight is 464 g/mol. The number of nitrogens with one attached hydrogen (secondary N) is 3. The number of rotatable bonds is 13. The lowest BCUT2D eigenvalue weighted by atomic mass is 10.0. The van der Waals surface area contributed by atoms with Gasteiger partial charge in [0.2, 0.25) is 17.7 Å².